The maximum atomic E-state index is 12.2. The van der Waals surface area contributed by atoms with E-state index in [1.165, 1.54) is 0 Å². The quantitative estimate of drug-likeness (QED) is 0.776. The predicted molar refractivity (Wildman–Crippen MR) is 81.7 cm³/mol. The molecule has 2 heterocycles. The number of aromatic amines is 1. The molecule has 0 fully saturated rings. The largest absolute Gasteiger partial charge is 0.464 e. The molecule has 6 heteroatoms. The minimum Gasteiger partial charge on any atom is -0.464 e. The molecule has 6 nitrogen and oxygen atoms in total. The number of fused-ring (bicyclic) bond motifs is 1. The standard InChI is InChI=1S/C16H15N3O3/c1-9-7-8-13(22-9)10(2)17-16(21)14-18-12-6-4-3-5-11(12)15(20)19-14/h3-8,10H,1-2H3,(H,17,21)(H,18,19,20)/t10-/m1/s1. The van der Waals surface area contributed by atoms with Crippen LogP contribution in [0.5, 0.6) is 0 Å². The van der Waals surface area contributed by atoms with Crippen LogP contribution < -0.4 is 10.9 Å². The van der Waals surface area contributed by atoms with E-state index in [4.69, 9.17) is 4.42 Å². The number of benzene rings is 1. The summed E-state index contributed by atoms with van der Waals surface area (Å²) in [6.45, 7) is 3.63. The highest BCUT2D eigenvalue weighted by atomic mass is 16.3. The Morgan fingerprint density at radius 3 is 2.77 bits per heavy atom. The van der Waals surface area contributed by atoms with E-state index in [2.05, 4.69) is 15.3 Å². The van der Waals surface area contributed by atoms with E-state index in [1.807, 2.05) is 13.0 Å². The first-order valence-electron chi connectivity index (χ1n) is 6.91. The van der Waals surface area contributed by atoms with Crippen LogP contribution in [0.4, 0.5) is 0 Å². The van der Waals surface area contributed by atoms with E-state index in [0.29, 0.717) is 16.7 Å². The molecule has 2 N–H and O–H groups in total. The van der Waals surface area contributed by atoms with Gasteiger partial charge < -0.3 is 14.7 Å². The predicted octanol–water partition coefficient (Wildman–Crippen LogP) is 2.32. The number of carbonyl (C=O) groups is 1. The Morgan fingerprint density at radius 1 is 1.27 bits per heavy atom. The van der Waals surface area contributed by atoms with Crippen molar-refractivity contribution in [2.75, 3.05) is 0 Å². The number of hydrogen-bond acceptors (Lipinski definition) is 4. The van der Waals surface area contributed by atoms with Crippen LogP contribution in [0, 0.1) is 6.92 Å². The molecule has 3 aromatic rings. The highest BCUT2D eigenvalue weighted by molar-refractivity contribution is 5.92. The second kappa shape index (κ2) is 5.48. The lowest BCUT2D eigenvalue weighted by Crippen LogP contribution is -2.30. The molecule has 0 saturated heterocycles. The molecule has 1 amide bonds. The first kappa shape index (κ1) is 14.1. The number of H-pyrrole nitrogens is 1. The Hall–Kier alpha value is -2.89. The van der Waals surface area contributed by atoms with Gasteiger partial charge in [-0.15, -0.1) is 0 Å². The summed E-state index contributed by atoms with van der Waals surface area (Å²) in [5.74, 6) is 0.950. The van der Waals surface area contributed by atoms with Crippen LogP contribution in [0.3, 0.4) is 0 Å². The molecule has 0 bridgehead atoms. The summed E-state index contributed by atoms with van der Waals surface area (Å²) in [5, 5.41) is 3.20. The van der Waals surface area contributed by atoms with Gasteiger partial charge in [0.1, 0.15) is 11.5 Å². The lowest BCUT2D eigenvalue weighted by molar-refractivity contribution is 0.0924. The highest BCUT2D eigenvalue weighted by Gasteiger charge is 2.16. The Labute approximate surface area is 126 Å². The Bertz CT molecular complexity index is 895. The van der Waals surface area contributed by atoms with E-state index in [9.17, 15) is 9.59 Å². The lowest BCUT2D eigenvalue weighted by atomic mass is 10.2. The fourth-order valence-electron chi connectivity index (χ4n) is 2.22. The fraction of sp³-hybridized carbons (Fsp3) is 0.188. The zero-order valence-electron chi connectivity index (χ0n) is 12.2. The molecule has 0 spiro atoms. The normalized spacial score (nSPS) is 12.3. The van der Waals surface area contributed by atoms with Crippen LogP contribution in [0.1, 0.15) is 35.1 Å². The zero-order valence-corrected chi connectivity index (χ0v) is 12.2. The molecule has 0 aliphatic rings. The molecular weight excluding hydrogens is 282 g/mol. The Kier molecular flexibility index (Phi) is 3.50. The third-order valence-corrected chi connectivity index (χ3v) is 3.36. The molecule has 3 rings (SSSR count). The summed E-state index contributed by atoms with van der Waals surface area (Å²) in [6.07, 6.45) is 0. The van der Waals surface area contributed by atoms with E-state index < -0.39 is 5.91 Å². The molecule has 1 aromatic carbocycles. The third kappa shape index (κ3) is 2.63. The van der Waals surface area contributed by atoms with E-state index in [1.54, 1.807) is 37.3 Å². The van der Waals surface area contributed by atoms with Crippen LogP contribution in [-0.4, -0.2) is 15.9 Å². The first-order valence-corrected chi connectivity index (χ1v) is 6.91. The number of carbonyl (C=O) groups excluding carboxylic acids is 1. The summed E-state index contributed by atoms with van der Waals surface area (Å²) in [7, 11) is 0. The van der Waals surface area contributed by atoms with Gasteiger partial charge in [0.25, 0.3) is 11.5 Å². The average molecular weight is 297 g/mol. The molecule has 112 valence electrons. The minimum atomic E-state index is -0.454. The van der Waals surface area contributed by atoms with Gasteiger partial charge >= 0.3 is 0 Å². The van der Waals surface area contributed by atoms with Gasteiger partial charge in [-0.2, -0.15) is 0 Å². The Balaban J connectivity index is 1.87. The number of aryl methyl sites for hydroxylation is 1. The van der Waals surface area contributed by atoms with Gasteiger partial charge in [-0.25, -0.2) is 4.98 Å². The van der Waals surface area contributed by atoms with Gasteiger partial charge in [0.2, 0.25) is 0 Å². The van der Waals surface area contributed by atoms with Gasteiger partial charge in [0, 0.05) is 0 Å². The van der Waals surface area contributed by atoms with Crippen molar-refractivity contribution in [1.82, 2.24) is 15.3 Å². The zero-order chi connectivity index (χ0) is 15.7. The smallest absolute Gasteiger partial charge is 0.287 e. The van der Waals surface area contributed by atoms with Crippen molar-refractivity contribution in [2.24, 2.45) is 0 Å². The van der Waals surface area contributed by atoms with E-state index in [-0.39, 0.29) is 17.4 Å². The van der Waals surface area contributed by atoms with Crippen molar-refractivity contribution in [3.63, 3.8) is 0 Å². The van der Waals surface area contributed by atoms with Gasteiger partial charge in [0.05, 0.1) is 16.9 Å². The van der Waals surface area contributed by atoms with Crippen molar-refractivity contribution in [2.45, 2.75) is 19.9 Å². The highest BCUT2D eigenvalue weighted by Crippen LogP contribution is 2.16. The molecule has 0 aliphatic carbocycles. The van der Waals surface area contributed by atoms with Crippen LogP contribution in [0.2, 0.25) is 0 Å². The molecular formula is C16H15N3O3. The molecule has 2 aromatic heterocycles. The van der Waals surface area contributed by atoms with Crippen LogP contribution >= 0.6 is 0 Å². The van der Waals surface area contributed by atoms with Gasteiger partial charge in [-0.1, -0.05) is 12.1 Å². The van der Waals surface area contributed by atoms with Crippen molar-refractivity contribution >= 4 is 16.8 Å². The number of amides is 1. The van der Waals surface area contributed by atoms with Gasteiger partial charge in [-0.05, 0) is 38.1 Å². The fourth-order valence-corrected chi connectivity index (χ4v) is 2.22. The number of para-hydroxylation sites is 1. The van der Waals surface area contributed by atoms with Crippen molar-refractivity contribution in [3.8, 4) is 0 Å². The second-order valence-corrected chi connectivity index (χ2v) is 5.08. The number of nitrogens with zero attached hydrogens (tertiary/aromatic N) is 1. The van der Waals surface area contributed by atoms with Gasteiger partial charge in [0.15, 0.2) is 5.82 Å². The number of nitrogens with one attached hydrogen (secondary N) is 2. The van der Waals surface area contributed by atoms with Crippen molar-refractivity contribution < 1.29 is 9.21 Å². The Morgan fingerprint density at radius 2 is 2.05 bits per heavy atom. The van der Waals surface area contributed by atoms with Gasteiger partial charge in [-0.3, -0.25) is 9.59 Å². The molecule has 0 radical (unpaired) electrons. The summed E-state index contributed by atoms with van der Waals surface area (Å²) in [4.78, 5) is 30.9. The van der Waals surface area contributed by atoms with Crippen LogP contribution in [0.25, 0.3) is 10.9 Å². The SMILES string of the molecule is Cc1ccc([C@@H](C)NC(=O)c2nc3ccccc3c(=O)[nH]2)o1. The maximum absolute atomic E-state index is 12.2. The molecule has 0 unspecified atom stereocenters. The molecule has 0 saturated carbocycles. The first-order chi connectivity index (χ1) is 10.5. The molecule has 22 heavy (non-hydrogen) atoms. The maximum Gasteiger partial charge on any atom is 0.287 e. The number of furan rings is 1. The number of aromatic nitrogens is 2. The number of rotatable bonds is 3. The minimum absolute atomic E-state index is 0.0150. The van der Waals surface area contributed by atoms with E-state index in [0.717, 1.165) is 5.76 Å². The third-order valence-electron chi connectivity index (χ3n) is 3.36. The number of hydrogen-bond donors (Lipinski definition) is 2. The summed E-state index contributed by atoms with van der Waals surface area (Å²) in [5.41, 5.74) is 0.148. The van der Waals surface area contributed by atoms with Crippen molar-refractivity contribution in [3.05, 3.63) is 64.1 Å². The second-order valence-electron chi connectivity index (χ2n) is 5.08. The monoisotopic (exact) mass is 297 g/mol. The summed E-state index contributed by atoms with van der Waals surface area (Å²) >= 11 is 0. The van der Waals surface area contributed by atoms with E-state index >= 15 is 0 Å². The lowest BCUT2D eigenvalue weighted by Gasteiger charge is -2.11. The summed E-state index contributed by atoms with van der Waals surface area (Å²) < 4.78 is 5.47. The molecule has 0 aliphatic heterocycles. The van der Waals surface area contributed by atoms with Crippen LogP contribution in [-0.2, 0) is 0 Å². The average Bonchev–Trinajstić information content (AvgIpc) is 2.94. The molecule has 1 atom stereocenters. The summed E-state index contributed by atoms with van der Waals surface area (Å²) in [6, 6.07) is 10.2. The van der Waals surface area contributed by atoms with Crippen LogP contribution in [0.15, 0.2) is 45.6 Å². The van der Waals surface area contributed by atoms with Crippen molar-refractivity contribution in [1.29, 1.82) is 0 Å². The topological polar surface area (TPSA) is 88.0 Å².